The Bertz CT molecular complexity index is 1030. The molecule has 6 nitrogen and oxygen atoms in total. The van der Waals surface area contributed by atoms with Gasteiger partial charge in [0.05, 0.1) is 22.9 Å². The largest absolute Gasteiger partial charge is 0.321 e. The molecule has 3 aromatic rings. The standard InChI is InChI=1S/C19H15N3O3S3/c1-11-16(28-18(20-11)14-3-2-8-26-14)17(24)21-13-6-4-12(5-7-13)9-22-15(23)10-27-19(22)25/h2-8H,9-10H2,1H3,(H,21,24). The number of rotatable bonds is 5. The molecule has 3 heterocycles. The van der Waals surface area contributed by atoms with Crippen molar-refractivity contribution in [3.8, 4) is 9.88 Å². The van der Waals surface area contributed by atoms with Crippen molar-refractivity contribution in [2.24, 2.45) is 0 Å². The molecule has 1 N–H and O–H groups in total. The van der Waals surface area contributed by atoms with E-state index in [0.717, 1.165) is 27.2 Å². The van der Waals surface area contributed by atoms with Gasteiger partial charge in [-0.05, 0) is 36.1 Å². The maximum atomic E-state index is 12.6. The summed E-state index contributed by atoms with van der Waals surface area (Å²) in [5.41, 5.74) is 2.18. The van der Waals surface area contributed by atoms with Crippen LogP contribution in [0, 0.1) is 6.92 Å². The van der Waals surface area contributed by atoms with E-state index in [9.17, 15) is 14.4 Å². The Hall–Kier alpha value is -2.49. The molecule has 1 aliphatic heterocycles. The average molecular weight is 430 g/mol. The van der Waals surface area contributed by atoms with Crippen molar-refractivity contribution in [1.82, 2.24) is 9.88 Å². The van der Waals surface area contributed by atoms with Gasteiger partial charge in [0.2, 0.25) is 5.91 Å². The number of carbonyl (C=O) groups is 3. The summed E-state index contributed by atoms with van der Waals surface area (Å²) in [5.74, 6) is -0.171. The number of carbonyl (C=O) groups excluding carboxylic acids is 3. The van der Waals surface area contributed by atoms with Crippen molar-refractivity contribution in [2.45, 2.75) is 13.5 Å². The molecule has 0 saturated carbocycles. The van der Waals surface area contributed by atoms with Gasteiger partial charge < -0.3 is 5.32 Å². The third-order valence-electron chi connectivity index (χ3n) is 4.13. The fourth-order valence-corrected chi connectivity index (χ4v) is 5.19. The smallest absolute Gasteiger partial charge is 0.289 e. The molecular weight excluding hydrogens is 414 g/mol. The molecule has 0 atom stereocenters. The van der Waals surface area contributed by atoms with E-state index in [1.165, 1.54) is 16.2 Å². The van der Waals surface area contributed by atoms with E-state index in [-0.39, 0.29) is 29.4 Å². The first-order valence-electron chi connectivity index (χ1n) is 8.40. The molecule has 1 aliphatic rings. The summed E-state index contributed by atoms with van der Waals surface area (Å²) in [6.07, 6.45) is 0. The first-order chi connectivity index (χ1) is 13.5. The normalized spacial score (nSPS) is 14.0. The Kier molecular flexibility index (Phi) is 5.29. The predicted molar refractivity (Wildman–Crippen MR) is 113 cm³/mol. The number of thioether (sulfide) groups is 1. The Labute approximate surface area is 173 Å². The topological polar surface area (TPSA) is 79.4 Å². The van der Waals surface area contributed by atoms with Gasteiger partial charge in [0.1, 0.15) is 9.88 Å². The van der Waals surface area contributed by atoms with Gasteiger partial charge in [-0.2, -0.15) is 0 Å². The van der Waals surface area contributed by atoms with Crippen LogP contribution in [0.4, 0.5) is 10.5 Å². The molecule has 9 heteroatoms. The number of nitrogens with one attached hydrogen (secondary N) is 1. The van der Waals surface area contributed by atoms with Crippen LogP contribution in [-0.4, -0.2) is 32.7 Å². The average Bonchev–Trinajstić information content (AvgIpc) is 3.40. The molecule has 1 aromatic carbocycles. The van der Waals surface area contributed by atoms with Crippen LogP contribution < -0.4 is 5.32 Å². The number of amides is 3. The van der Waals surface area contributed by atoms with Crippen molar-refractivity contribution < 1.29 is 14.4 Å². The summed E-state index contributed by atoms with van der Waals surface area (Å²) < 4.78 is 0. The lowest BCUT2D eigenvalue weighted by Gasteiger charge is -2.13. The van der Waals surface area contributed by atoms with Crippen molar-refractivity contribution >= 4 is 57.2 Å². The molecule has 0 aliphatic carbocycles. The van der Waals surface area contributed by atoms with Crippen LogP contribution >= 0.6 is 34.4 Å². The molecule has 1 fully saturated rings. The number of thiophene rings is 1. The monoisotopic (exact) mass is 429 g/mol. The number of benzene rings is 1. The first-order valence-corrected chi connectivity index (χ1v) is 11.1. The fourth-order valence-electron chi connectivity index (χ4n) is 2.71. The molecule has 0 radical (unpaired) electrons. The van der Waals surface area contributed by atoms with Gasteiger partial charge in [-0.1, -0.05) is 30.0 Å². The molecule has 3 amide bonds. The van der Waals surface area contributed by atoms with E-state index in [1.807, 2.05) is 24.4 Å². The van der Waals surface area contributed by atoms with Gasteiger partial charge in [-0.15, -0.1) is 22.7 Å². The SMILES string of the molecule is Cc1nc(-c2cccs2)sc1C(=O)Nc1ccc(CN2C(=O)CSC2=O)cc1. The number of nitrogens with zero attached hydrogens (tertiary/aromatic N) is 2. The summed E-state index contributed by atoms with van der Waals surface area (Å²) >= 11 is 3.98. The minimum atomic E-state index is -0.218. The predicted octanol–water partition coefficient (Wildman–Crippen LogP) is 4.63. The highest BCUT2D eigenvalue weighted by atomic mass is 32.2. The van der Waals surface area contributed by atoms with E-state index in [2.05, 4.69) is 10.3 Å². The molecule has 0 spiro atoms. The van der Waals surface area contributed by atoms with E-state index >= 15 is 0 Å². The van der Waals surface area contributed by atoms with Crippen LogP contribution in [0.25, 0.3) is 9.88 Å². The van der Waals surface area contributed by atoms with Crippen LogP contribution in [0.15, 0.2) is 41.8 Å². The van der Waals surface area contributed by atoms with Gasteiger partial charge in [-0.3, -0.25) is 19.3 Å². The molecule has 142 valence electrons. The summed E-state index contributed by atoms with van der Waals surface area (Å²) in [7, 11) is 0. The third kappa shape index (κ3) is 3.87. The van der Waals surface area contributed by atoms with Crippen molar-refractivity contribution in [3.63, 3.8) is 0 Å². The number of hydrogen-bond donors (Lipinski definition) is 1. The van der Waals surface area contributed by atoms with E-state index < -0.39 is 0 Å². The second-order valence-corrected chi connectivity index (χ2v) is 8.97. The number of aromatic nitrogens is 1. The highest BCUT2D eigenvalue weighted by molar-refractivity contribution is 8.14. The van der Waals surface area contributed by atoms with Crippen molar-refractivity contribution in [1.29, 1.82) is 0 Å². The minimum Gasteiger partial charge on any atom is -0.321 e. The summed E-state index contributed by atoms with van der Waals surface area (Å²) in [5, 5.41) is 5.48. The maximum Gasteiger partial charge on any atom is 0.289 e. The number of anilines is 1. The molecule has 2 aromatic heterocycles. The third-order valence-corrected chi connectivity index (χ3v) is 7.18. The van der Waals surface area contributed by atoms with Crippen LogP contribution in [0.3, 0.4) is 0 Å². The lowest BCUT2D eigenvalue weighted by Crippen LogP contribution is -2.27. The lowest BCUT2D eigenvalue weighted by molar-refractivity contribution is -0.125. The second-order valence-electron chi connectivity index (χ2n) is 6.10. The first kappa shape index (κ1) is 18.9. The molecule has 28 heavy (non-hydrogen) atoms. The van der Waals surface area contributed by atoms with Gasteiger partial charge in [-0.25, -0.2) is 4.98 Å². The molecular formula is C19H15N3O3S3. The highest BCUT2D eigenvalue weighted by Crippen LogP contribution is 2.31. The Morgan fingerprint density at radius 2 is 2.00 bits per heavy atom. The van der Waals surface area contributed by atoms with E-state index in [0.29, 0.717) is 16.3 Å². The highest BCUT2D eigenvalue weighted by Gasteiger charge is 2.29. The van der Waals surface area contributed by atoms with Gasteiger partial charge in [0, 0.05) is 5.69 Å². The van der Waals surface area contributed by atoms with E-state index in [1.54, 1.807) is 35.6 Å². The summed E-state index contributed by atoms with van der Waals surface area (Å²) in [6.45, 7) is 2.07. The number of thiazole rings is 1. The maximum absolute atomic E-state index is 12.6. The van der Waals surface area contributed by atoms with Crippen LogP contribution in [0.5, 0.6) is 0 Å². The zero-order valence-electron chi connectivity index (χ0n) is 14.8. The Morgan fingerprint density at radius 3 is 2.64 bits per heavy atom. The zero-order valence-corrected chi connectivity index (χ0v) is 17.2. The van der Waals surface area contributed by atoms with Gasteiger partial charge >= 0.3 is 0 Å². The molecule has 0 bridgehead atoms. The van der Waals surface area contributed by atoms with Crippen molar-refractivity contribution in [2.75, 3.05) is 11.1 Å². The Balaban J connectivity index is 1.44. The quantitative estimate of drug-likeness (QED) is 0.640. The van der Waals surface area contributed by atoms with Crippen LogP contribution in [0.2, 0.25) is 0 Å². The Morgan fingerprint density at radius 1 is 1.21 bits per heavy atom. The van der Waals surface area contributed by atoms with Crippen LogP contribution in [-0.2, 0) is 11.3 Å². The summed E-state index contributed by atoms with van der Waals surface area (Å²) in [6, 6.07) is 11.1. The molecule has 1 saturated heterocycles. The number of aryl methyl sites for hydroxylation is 1. The van der Waals surface area contributed by atoms with Crippen LogP contribution in [0.1, 0.15) is 20.9 Å². The minimum absolute atomic E-state index is 0.172. The lowest BCUT2D eigenvalue weighted by atomic mass is 10.2. The van der Waals surface area contributed by atoms with E-state index in [4.69, 9.17) is 0 Å². The van der Waals surface area contributed by atoms with Gasteiger partial charge in [0.15, 0.2) is 0 Å². The zero-order chi connectivity index (χ0) is 19.7. The van der Waals surface area contributed by atoms with Crippen molar-refractivity contribution in [3.05, 3.63) is 57.9 Å². The number of imide groups is 1. The fraction of sp³-hybridized carbons (Fsp3) is 0.158. The number of hydrogen-bond acceptors (Lipinski definition) is 7. The molecule has 0 unspecified atom stereocenters. The molecule has 4 rings (SSSR count). The van der Waals surface area contributed by atoms with Gasteiger partial charge in [0.25, 0.3) is 11.1 Å². The summed E-state index contributed by atoms with van der Waals surface area (Å²) in [4.78, 5) is 43.4. The second kappa shape index (κ2) is 7.86.